The molecular formula is C16H20N4OS. The van der Waals surface area contributed by atoms with E-state index in [-0.39, 0.29) is 11.8 Å². The van der Waals surface area contributed by atoms with Crippen molar-refractivity contribution in [1.29, 1.82) is 0 Å². The van der Waals surface area contributed by atoms with Gasteiger partial charge in [0.05, 0.1) is 10.2 Å². The summed E-state index contributed by atoms with van der Waals surface area (Å²) in [6.45, 7) is 0.997. The van der Waals surface area contributed by atoms with E-state index in [0.717, 1.165) is 40.7 Å². The summed E-state index contributed by atoms with van der Waals surface area (Å²) in [5.41, 5.74) is 0.903. The second kappa shape index (κ2) is 5.83. The molecule has 5 nitrogen and oxygen atoms in total. The van der Waals surface area contributed by atoms with Crippen LogP contribution in [0.1, 0.15) is 38.5 Å². The molecule has 0 radical (unpaired) electrons. The van der Waals surface area contributed by atoms with E-state index in [9.17, 15) is 4.79 Å². The lowest BCUT2D eigenvalue weighted by molar-refractivity contribution is -0.117. The molecular weight excluding hydrogens is 296 g/mol. The van der Waals surface area contributed by atoms with Crippen LogP contribution in [0.25, 0.3) is 10.2 Å². The van der Waals surface area contributed by atoms with Gasteiger partial charge in [0.15, 0.2) is 10.9 Å². The summed E-state index contributed by atoms with van der Waals surface area (Å²) in [4.78, 5) is 20.9. The van der Waals surface area contributed by atoms with Crippen LogP contribution in [-0.4, -0.2) is 22.4 Å². The van der Waals surface area contributed by atoms with Gasteiger partial charge in [-0.05, 0) is 37.7 Å². The summed E-state index contributed by atoms with van der Waals surface area (Å²) < 4.78 is 0.963. The van der Waals surface area contributed by atoms with Gasteiger partial charge in [0.1, 0.15) is 0 Å². The largest absolute Gasteiger partial charge is 0.361 e. The summed E-state index contributed by atoms with van der Waals surface area (Å²) in [5.74, 6) is 1.71. The van der Waals surface area contributed by atoms with Gasteiger partial charge in [-0.25, -0.2) is 9.97 Å². The van der Waals surface area contributed by atoms with Crippen molar-refractivity contribution < 1.29 is 4.79 Å². The number of anilines is 2. The maximum absolute atomic E-state index is 11.9. The zero-order chi connectivity index (χ0) is 14.9. The summed E-state index contributed by atoms with van der Waals surface area (Å²) in [6, 6.07) is 1.90. The van der Waals surface area contributed by atoms with E-state index in [0.29, 0.717) is 5.82 Å². The average molecular weight is 316 g/mol. The molecule has 22 heavy (non-hydrogen) atoms. The summed E-state index contributed by atoms with van der Waals surface area (Å²) in [6.07, 6.45) is 9.06. The fourth-order valence-electron chi connectivity index (χ4n) is 3.03. The Balaban J connectivity index is 1.50. The van der Waals surface area contributed by atoms with Crippen molar-refractivity contribution in [1.82, 2.24) is 9.97 Å². The van der Waals surface area contributed by atoms with E-state index in [1.807, 2.05) is 6.07 Å². The first-order chi connectivity index (χ1) is 10.8. The number of carbonyl (C=O) groups is 1. The Bertz CT molecular complexity index is 689. The van der Waals surface area contributed by atoms with Crippen molar-refractivity contribution in [2.75, 3.05) is 17.2 Å². The van der Waals surface area contributed by atoms with Crippen LogP contribution in [-0.2, 0) is 4.79 Å². The SMILES string of the molecule is O=C(Nc1nccc2nc(NCC3CCCC3)sc12)C1CC1. The molecule has 0 aliphatic heterocycles. The number of fused-ring (bicyclic) bond motifs is 1. The molecule has 2 saturated carbocycles. The minimum Gasteiger partial charge on any atom is -0.361 e. The average Bonchev–Trinajstić information content (AvgIpc) is 3.08. The molecule has 2 N–H and O–H groups in total. The first-order valence-electron chi connectivity index (χ1n) is 8.10. The monoisotopic (exact) mass is 316 g/mol. The van der Waals surface area contributed by atoms with Crippen LogP contribution in [0.5, 0.6) is 0 Å². The summed E-state index contributed by atoms with van der Waals surface area (Å²) in [5, 5.41) is 7.34. The van der Waals surface area contributed by atoms with Crippen LogP contribution in [0.4, 0.5) is 10.9 Å². The molecule has 2 heterocycles. The molecule has 116 valence electrons. The predicted octanol–water partition coefficient (Wildman–Crippen LogP) is 3.64. The zero-order valence-corrected chi connectivity index (χ0v) is 13.3. The fraction of sp³-hybridized carbons (Fsp3) is 0.562. The van der Waals surface area contributed by atoms with Crippen molar-refractivity contribution in [3.8, 4) is 0 Å². The number of aromatic nitrogens is 2. The number of hydrogen-bond acceptors (Lipinski definition) is 5. The van der Waals surface area contributed by atoms with Gasteiger partial charge < -0.3 is 10.6 Å². The quantitative estimate of drug-likeness (QED) is 0.883. The third-order valence-corrected chi connectivity index (χ3v) is 5.55. The molecule has 2 fully saturated rings. The lowest BCUT2D eigenvalue weighted by Crippen LogP contribution is -2.14. The minimum atomic E-state index is 0.0915. The third kappa shape index (κ3) is 2.92. The second-order valence-electron chi connectivity index (χ2n) is 6.32. The Morgan fingerprint density at radius 2 is 2.09 bits per heavy atom. The van der Waals surface area contributed by atoms with Crippen LogP contribution in [0.15, 0.2) is 12.3 Å². The lowest BCUT2D eigenvalue weighted by Gasteiger charge is -2.08. The number of nitrogens with zero attached hydrogens (tertiary/aromatic N) is 2. The standard InChI is InChI=1S/C16H20N4OS/c21-15(11-5-6-11)20-14-13-12(7-8-17-14)19-16(22-13)18-9-10-3-1-2-4-10/h7-8,10-11H,1-6,9H2,(H,18,19)(H,17,20,21). The number of hydrogen-bond donors (Lipinski definition) is 2. The van der Waals surface area contributed by atoms with Gasteiger partial charge in [0.2, 0.25) is 5.91 Å². The molecule has 0 saturated heterocycles. The molecule has 2 aromatic rings. The topological polar surface area (TPSA) is 66.9 Å². The van der Waals surface area contributed by atoms with E-state index in [1.54, 1.807) is 17.5 Å². The maximum Gasteiger partial charge on any atom is 0.228 e. The molecule has 0 aromatic carbocycles. The molecule has 0 atom stereocenters. The molecule has 6 heteroatoms. The molecule has 0 unspecified atom stereocenters. The van der Waals surface area contributed by atoms with Crippen molar-refractivity contribution >= 4 is 38.4 Å². The van der Waals surface area contributed by atoms with Gasteiger partial charge in [0.25, 0.3) is 0 Å². The van der Waals surface area contributed by atoms with Gasteiger partial charge in [-0.2, -0.15) is 0 Å². The molecule has 2 aromatic heterocycles. The lowest BCUT2D eigenvalue weighted by atomic mass is 10.1. The van der Waals surface area contributed by atoms with Gasteiger partial charge >= 0.3 is 0 Å². The predicted molar refractivity (Wildman–Crippen MR) is 89.2 cm³/mol. The van der Waals surface area contributed by atoms with Crippen LogP contribution in [0, 0.1) is 11.8 Å². The molecule has 0 bridgehead atoms. The number of rotatable bonds is 5. The number of thiazole rings is 1. The molecule has 2 aliphatic carbocycles. The highest BCUT2D eigenvalue weighted by Crippen LogP contribution is 2.34. The second-order valence-corrected chi connectivity index (χ2v) is 7.32. The van der Waals surface area contributed by atoms with E-state index in [2.05, 4.69) is 20.6 Å². The van der Waals surface area contributed by atoms with Crippen molar-refractivity contribution in [2.45, 2.75) is 38.5 Å². The highest BCUT2D eigenvalue weighted by Gasteiger charge is 2.30. The van der Waals surface area contributed by atoms with Crippen LogP contribution >= 0.6 is 11.3 Å². The number of carbonyl (C=O) groups excluding carboxylic acids is 1. The Kier molecular flexibility index (Phi) is 3.70. The molecule has 4 rings (SSSR count). The highest BCUT2D eigenvalue weighted by molar-refractivity contribution is 7.22. The summed E-state index contributed by atoms with van der Waals surface area (Å²) in [7, 11) is 0. The maximum atomic E-state index is 11.9. The first kappa shape index (κ1) is 13.9. The van der Waals surface area contributed by atoms with Crippen LogP contribution in [0.3, 0.4) is 0 Å². The van der Waals surface area contributed by atoms with Crippen LogP contribution in [0.2, 0.25) is 0 Å². The van der Waals surface area contributed by atoms with E-state index >= 15 is 0 Å². The Morgan fingerprint density at radius 1 is 1.27 bits per heavy atom. The molecule has 1 amide bonds. The van der Waals surface area contributed by atoms with Gasteiger partial charge in [0, 0.05) is 18.7 Å². The van der Waals surface area contributed by atoms with E-state index in [4.69, 9.17) is 0 Å². The summed E-state index contributed by atoms with van der Waals surface area (Å²) >= 11 is 1.58. The Hall–Kier alpha value is -1.69. The zero-order valence-electron chi connectivity index (χ0n) is 12.5. The van der Waals surface area contributed by atoms with Gasteiger partial charge in [-0.1, -0.05) is 24.2 Å². The number of amides is 1. The van der Waals surface area contributed by atoms with Gasteiger partial charge in [-0.3, -0.25) is 4.79 Å². The normalized spacial score (nSPS) is 18.7. The number of nitrogens with one attached hydrogen (secondary N) is 2. The Morgan fingerprint density at radius 3 is 2.86 bits per heavy atom. The van der Waals surface area contributed by atoms with Crippen LogP contribution < -0.4 is 10.6 Å². The van der Waals surface area contributed by atoms with Crippen molar-refractivity contribution in [3.63, 3.8) is 0 Å². The van der Waals surface area contributed by atoms with Gasteiger partial charge in [-0.15, -0.1) is 0 Å². The van der Waals surface area contributed by atoms with Crippen molar-refractivity contribution in [2.24, 2.45) is 11.8 Å². The molecule has 0 spiro atoms. The van der Waals surface area contributed by atoms with E-state index in [1.165, 1.54) is 25.7 Å². The highest BCUT2D eigenvalue weighted by atomic mass is 32.1. The fourth-order valence-corrected chi connectivity index (χ4v) is 3.94. The van der Waals surface area contributed by atoms with E-state index < -0.39 is 0 Å². The van der Waals surface area contributed by atoms with Crippen molar-refractivity contribution in [3.05, 3.63) is 12.3 Å². The Labute approximate surface area is 133 Å². The smallest absolute Gasteiger partial charge is 0.228 e. The number of pyridine rings is 1. The molecule has 2 aliphatic rings. The minimum absolute atomic E-state index is 0.0915. The third-order valence-electron chi connectivity index (χ3n) is 4.51. The first-order valence-corrected chi connectivity index (χ1v) is 8.91.